The van der Waals surface area contributed by atoms with E-state index in [-0.39, 0.29) is 22.0 Å². The third kappa shape index (κ3) is 3.82. The van der Waals surface area contributed by atoms with Crippen molar-refractivity contribution in [1.82, 2.24) is 9.71 Å². The Morgan fingerprint density at radius 1 is 1.36 bits per heavy atom. The number of pyridine rings is 1. The van der Waals surface area contributed by atoms with E-state index in [2.05, 4.69) is 14.4 Å². The smallest absolute Gasteiger partial charge is 0.337 e. The Morgan fingerprint density at radius 3 is 2.73 bits per heavy atom. The molecule has 0 saturated heterocycles. The van der Waals surface area contributed by atoms with Crippen molar-refractivity contribution in [2.45, 2.75) is 11.4 Å². The first kappa shape index (κ1) is 16.4. The van der Waals surface area contributed by atoms with Crippen LogP contribution in [0.5, 0.6) is 0 Å². The van der Waals surface area contributed by atoms with Gasteiger partial charge in [-0.05, 0) is 29.8 Å². The minimum Gasteiger partial charge on any atom is -0.465 e. The van der Waals surface area contributed by atoms with Crippen LogP contribution in [0.2, 0.25) is 5.02 Å². The zero-order chi connectivity index (χ0) is 16.2. The molecule has 1 N–H and O–H groups in total. The minimum atomic E-state index is -3.80. The number of esters is 1. The lowest BCUT2D eigenvalue weighted by molar-refractivity contribution is 0.0600. The summed E-state index contributed by atoms with van der Waals surface area (Å²) < 4.78 is 31.5. The SMILES string of the molecule is COC(=O)c1ccc(S(=O)(=O)NCc2cccnc2)c(Cl)c1. The summed E-state index contributed by atoms with van der Waals surface area (Å²) in [7, 11) is -2.57. The number of nitrogens with zero attached hydrogens (tertiary/aromatic N) is 1. The van der Waals surface area contributed by atoms with Gasteiger partial charge in [0.2, 0.25) is 10.0 Å². The van der Waals surface area contributed by atoms with Gasteiger partial charge >= 0.3 is 5.97 Å². The van der Waals surface area contributed by atoms with Gasteiger partial charge in [0.15, 0.2) is 0 Å². The van der Waals surface area contributed by atoms with Gasteiger partial charge in [0.1, 0.15) is 4.90 Å². The van der Waals surface area contributed by atoms with Gasteiger partial charge in [-0.2, -0.15) is 0 Å². The summed E-state index contributed by atoms with van der Waals surface area (Å²) >= 11 is 5.96. The van der Waals surface area contributed by atoms with Crippen LogP contribution in [0.3, 0.4) is 0 Å². The van der Waals surface area contributed by atoms with E-state index in [0.29, 0.717) is 5.56 Å². The number of sulfonamides is 1. The zero-order valence-electron chi connectivity index (χ0n) is 11.6. The van der Waals surface area contributed by atoms with Crippen molar-refractivity contribution in [3.63, 3.8) is 0 Å². The molecular weight excluding hydrogens is 328 g/mol. The number of nitrogens with one attached hydrogen (secondary N) is 1. The van der Waals surface area contributed by atoms with Crippen molar-refractivity contribution in [3.8, 4) is 0 Å². The summed E-state index contributed by atoms with van der Waals surface area (Å²) in [4.78, 5) is 15.2. The molecule has 0 aliphatic carbocycles. The van der Waals surface area contributed by atoms with E-state index >= 15 is 0 Å². The number of hydrogen-bond donors (Lipinski definition) is 1. The lowest BCUT2D eigenvalue weighted by atomic mass is 10.2. The Hall–Kier alpha value is -1.96. The summed E-state index contributed by atoms with van der Waals surface area (Å²) in [6, 6.07) is 7.32. The van der Waals surface area contributed by atoms with Gasteiger partial charge in [-0.25, -0.2) is 17.9 Å². The second kappa shape index (κ2) is 6.87. The Kier molecular flexibility index (Phi) is 5.12. The molecule has 116 valence electrons. The van der Waals surface area contributed by atoms with Crippen LogP contribution in [-0.4, -0.2) is 26.5 Å². The molecule has 0 aliphatic rings. The highest BCUT2D eigenvalue weighted by Gasteiger charge is 2.19. The molecule has 8 heteroatoms. The first-order valence-electron chi connectivity index (χ1n) is 6.20. The van der Waals surface area contributed by atoms with Crippen LogP contribution >= 0.6 is 11.6 Å². The molecule has 0 radical (unpaired) electrons. The van der Waals surface area contributed by atoms with Gasteiger partial charge < -0.3 is 4.74 Å². The number of benzene rings is 1. The lowest BCUT2D eigenvalue weighted by Crippen LogP contribution is -2.23. The molecule has 0 atom stereocenters. The number of halogens is 1. The van der Waals surface area contributed by atoms with Crippen LogP contribution in [0.4, 0.5) is 0 Å². The maximum Gasteiger partial charge on any atom is 0.337 e. The molecule has 2 aromatic rings. The molecule has 6 nitrogen and oxygen atoms in total. The second-order valence-electron chi connectivity index (χ2n) is 4.32. The van der Waals surface area contributed by atoms with Gasteiger partial charge in [0.25, 0.3) is 0 Å². The molecule has 0 bridgehead atoms. The molecule has 22 heavy (non-hydrogen) atoms. The molecule has 0 amide bonds. The van der Waals surface area contributed by atoms with Gasteiger partial charge in [-0.3, -0.25) is 4.98 Å². The fourth-order valence-corrected chi connectivity index (χ4v) is 3.28. The summed E-state index contributed by atoms with van der Waals surface area (Å²) in [5.74, 6) is -0.589. The summed E-state index contributed by atoms with van der Waals surface area (Å²) in [5, 5.41) is -0.0541. The molecule has 0 spiro atoms. The van der Waals surface area contributed by atoms with Crippen LogP contribution < -0.4 is 4.72 Å². The number of carbonyl (C=O) groups is 1. The predicted octanol–water partition coefficient (Wildman–Crippen LogP) is 2.00. The molecule has 0 aliphatic heterocycles. The van der Waals surface area contributed by atoms with E-state index in [1.54, 1.807) is 24.5 Å². The lowest BCUT2D eigenvalue weighted by Gasteiger charge is -2.09. The monoisotopic (exact) mass is 340 g/mol. The molecular formula is C14H13ClN2O4S. The summed E-state index contributed by atoms with van der Waals surface area (Å²) in [6.07, 6.45) is 3.16. The van der Waals surface area contributed by atoms with Crippen LogP contribution in [0, 0.1) is 0 Å². The van der Waals surface area contributed by atoms with E-state index in [1.807, 2.05) is 0 Å². The highest BCUT2D eigenvalue weighted by atomic mass is 35.5. The van der Waals surface area contributed by atoms with Gasteiger partial charge in [0.05, 0.1) is 17.7 Å². The van der Waals surface area contributed by atoms with Crippen molar-refractivity contribution < 1.29 is 17.9 Å². The maximum absolute atomic E-state index is 12.2. The predicted molar refractivity (Wildman–Crippen MR) is 81.1 cm³/mol. The number of rotatable bonds is 5. The van der Waals surface area contributed by atoms with Crippen LogP contribution in [0.1, 0.15) is 15.9 Å². The highest BCUT2D eigenvalue weighted by Crippen LogP contribution is 2.23. The topological polar surface area (TPSA) is 85.4 Å². The first-order valence-corrected chi connectivity index (χ1v) is 8.06. The quantitative estimate of drug-likeness (QED) is 0.841. The number of methoxy groups -OCH3 is 1. The van der Waals surface area contributed by atoms with E-state index in [0.717, 1.165) is 0 Å². The standard InChI is InChI=1S/C14H13ClN2O4S/c1-21-14(18)11-4-5-13(12(15)7-11)22(19,20)17-9-10-3-2-6-16-8-10/h2-8,17H,9H2,1H3. The largest absolute Gasteiger partial charge is 0.465 e. The third-order valence-corrected chi connectivity index (χ3v) is 4.72. The molecule has 0 saturated carbocycles. The number of aromatic nitrogens is 1. The van der Waals surface area contributed by atoms with Crippen molar-refractivity contribution >= 4 is 27.6 Å². The Morgan fingerprint density at radius 2 is 2.14 bits per heavy atom. The van der Waals surface area contributed by atoms with Crippen LogP contribution in [-0.2, 0) is 21.3 Å². The molecule has 1 aromatic carbocycles. The highest BCUT2D eigenvalue weighted by molar-refractivity contribution is 7.89. The van der Waals surface area contributed by atoms with Gasteiger partial charge in [-0.1, -0.05) is 17.7 Å². The van der Waals surface area contributed by atoms with Gasteiger partial charge in [-0.15, -0.1) is 0 Å². The third-order valence-electron chi connectivity index (χ3n) is 2.83. The van der Waals surface area contributed by atoms with E-state index < -0.39 is 16.0 Å². The number of ether oxygens (including phenoxy) is 1. The molecule has 1 heterocycles. The maximum atomic E-state index is 12.2. The number of hydrogen-bond acceptors (Lipinski definition) is 5. The zero-order valence-corrected chi connectivity index (χ0v) is 13.2. The second-order valence-corrected chi connectivity index (χ2v) is 6.47. The average molecular weight is 341 g/mol. The van der Waals surface area contributed by atoms with Crippen LogP contribution in [0.15, 0.2) is 47.6 Å². The normalized spacial score (nSPS) is 11.2. The average Bonchev–Trinajstić information content (AvgIpc) is 2.53. The van der Waals surface area contributed by atoms with Crippen molar-refractivity contribution in [3.05, 3.63) is 58.9 Å². The molecule has 0 unspecified atom stereocenters. The Labute approximate surface area is 133 Å². The molecule has 1 aromatic heterocycles. The summed E-state index contributed by atoms with van der Waals surface area (Å²) in [6.45, 7) is 0.0885. The van der Waals surface area contributed by atoms with E-state index in [4.69, 9.17) is 11.6 Å². The fraction of sp³-hybridized carbons (Fsp3) is 0.143. The minimum absolute atomic E-state index is 0.0541. The van der Waals surface area contributed by atoms with Crippen molar-refractivity contribution in [1.29, 1.82) is 0 Å². The Balaban J connectivity index is 2.21. The van der Waals surface area contributed by atoms with Gasteiger partial charge in [0, 0.05) is 18.9 Å². The van der Waals surface area contributed by atoms with Crippen molar-refractivity contribution in [2.75, 3.05) is 7.11 Å². The number of carbonyl (C=O) groups excluding carboxylic acids is 1. The van der Waals surface area contributed by atoms with Crippen LogP contribution in [0.25, 0.3) is 0 Å². The first-order chi connectivity index (χ1) is 10.4. The van der Waals surface area contributed by atoms with Crippen molar-refractivity contribution in [2.24, 2.45) is 0 Å². The molecule has 2 rings (SSSR count). The summed E-state index contributed by atoms with van der Waals surface area (Å²) in [5.41, 5.74) is 0.895. The fourth-order valence-electron chi connectivity index (χ4n) is 1.72. The van der Waals surface area contributed by atoms with E-state index in [9.17, 15) is 13.2 Å². The Bertz CT molecular complexity index is 779. The molecule has 0 fully saturated rings. The van der Waals surface area contributed by atoms with E-state index in [1.165, 1.54) is 25.3 Å².